The van der Waals surface area contributed by atoms with Crippen molar-refractivity contribution in [3.8, 4) is 28.3 Å². The van der Waals surface area contributed by atoms with Crippen molar-refractivity contribution in [2.45, 2.75) is 13.3 Å². The van der Waals surface area contributed by atoms with Gasteiger partial charge in [0.05, 0.1) is 26.0 Å². The standard InChI is InChI=1S/C21H25FN6O3S2/c1-3-8-33(29)27-17-11-13(10-16(22)18(17)30-2)15-9-14(12-24-19(15)23)20-25-21(32-26-20)28-4-6-31-7-5-28/h9-12,27H,3-8H2,1-2H3,(H2,23,24). The summed E-state index contributed by atoms with van der Waals surface area (Å²) in [7, 11) is -0.00734. The Bertz CT molecular complexity index is 1150. The van der Waals surface area contributed by atoms with Gasteiger partial charge in [0.25, 0.3) is 0 Å². The number of hydrogen-bond donors (Lipinski definition) is 2. The van der Waals surface area contributed by atoms with Crippen molar-refractivity contribution in [3.05, 3.63) is 30.2 Å². The average Bonchev–Trinajstić information content (AvgIpc) is 3.30. The number of rotatable bonds is 8. The maximum atomic E-state index is 14.8. The fourth-order valence-corrected chi connectivity index (χ4v) is 5.05. The van der Waals surface area contributed by atoms with Crippen molar-refractivity contribution in [1.29, 1.82) is 0 Å². The number of morpholine rings is 1. The Balaban J connectivity index is 1.68. The molecule has 0 amide bonds. The van der Waals surface area contributed by atoms with Gasteiger partial charge in [-0.3, -0.25) is 0 Å². The summed E-state index contributed by atoms with van der Waals surface area (Å²) in [6, 6.07) is 4.75. The number of nitrogens with zero attached hydrogens (tertiary/aromatic N) is 4. The topological polar surface area (TPSA) is 115 Å². The van der Waals surface area contributed by atoms with Crippen LogP contribution in [0.4, 0.5) is 21.0 Å². The van der Waals surface area contributed by atoms with Gasteiger partial charge in [0.15, 0.2) is 17.4 Å². The molecule has 2 aromatic heterocycles. The van der Waals surface area contributed by atoms with Gasteiger partial charge in [-0.05, 0) is 30.2 Å². The minimum atomic E-state index is -1.37. The minimum Gasteiger partial charge on any atom is -0.492 e. The third-order valence-corrected chi connectivity index (χ3v) is 7.05. The largest absolute Gasteiger partial charge is 0.492 e. The van der Waals surface area contributed by atoms with Crippen LogP contribution in [0.15, 0.2) is 24.4 Å². The third-order valence-electron chi connectivity index (χ3n) is 5.05. The summed E-state index contributed by atoms with van der Waals surface area (Å²) in [6.07, 6.45) is 2.31. The third kappa shape index (κ3) is 5.23. The molecule has 1 aromatic carbocycles. The molecule has 176 valence electrons. The molecule has 1 saturated heterocycles. The quantitative estimate of drug-likeness (QED) is 0.492. The molecule has 9 nitrogen and oxygen atoms in total. The summed E-state index contributed by atoms with van der Waals surface area (Å²) in [5, 5.41) is 0.812. The van der Waals surface area contributed by atoms with Crippen LogP contribution in [0.25, 0.3) is 22.5 Å². The Hall–Kier alpha value is -2.83. The number of nitrogens with two attached hydrogens (primary N) is 1. The molecule has 1 unspecified atom stereocenters. The molecular formula is C21H25FN6O3S2. The molecule has 1 aliphatic heterocycles. The van der Waals surface area contributed by atoms with Crippen LogP contribution in [0, 0.1) is 5.82 Å². The number of benzene rings is 1. The first-order valence-electron chi connectivity index (χ1n) is 10.5. The lowest BCUT2D eigenvalue weighted by atomic mass is 10.0. The zero-order chi connectivity index (χ0) is 23.4. The van der Waals surface area contributed by atoms with E-state index in [1.165, 1.54) is 24.7 Å². The van der Waals surface area contributed by atoms with Gasteiger partial charge in [0.1, 0.15) is 16.8 Å². The molecule has 4 rings (SSSR count). The Kier molecular flexibility index (Phi) is 7.36. The van der Waals surface area contributed by atoms with E-state index in [0.717, 1.165) is 24.6 Å². The second kappa shape index (κ2) is 10.4. The van der Waals surface area contributed by atoms with E-state index in [0.29, 0.717) is 41.5 Å². The molecule has 1 atom stereocenters. The summed E-state index contributed by atoms with van der Waals surface area (Å²) < 4.78 is 44.9. The lowest BCUT2D eigenvalue weighted by Crippen LogP contribution is -2.36. The van der Waals surface area contributed by atoms with E-state index >= 15 is 0 Å². The van der Waals surface area contributed by atoms with Gasteiger partial charge in [-0.25, -0.2) is 13.6 Å². The molecule has 3 aromatic rings. The fraction of sp³-hybridized carbons (Fsp3) is 0.381. The van der Waals surface area contributed by atoms with Crippen LogP contribution in [0.1, 0.15) is 13.3 Å². The second-order valence-electron chi connectivity index (χ2n) is 7.35. The summed E-state index contributed by atoms with van der Waals surface area (Å²) in [5.41, 5.74) is 8.07. The monoisotopic (exact) mass is 492 g/mol. The molecule has 3 heterocycles. The van der Waals surface area contributed by atoms with Crippen LogP contribution in [0.5, 0.6) is 5.75 Å². The maximum Gasteiger partial charge on any atom is 0.205 e. The zero-order valence-corrected chi connectivity index (χ0v) is 20.0. The van der Waals surface area contributed by atoms with Gasteiger partial charge in [-0.15, -0.1) is 0 Å². The number of aromatic nitrogens is 3. The Labute approximate surface area is 197 Å². The van der Waals surface area contributed by atoms with E-state index in [9.17, 15) is 8.60 Å². The highest BCUT2D eigenvalue weighted by molar-refractivity contribution is 7.86. The van der Waals surface area contributed by atoms with E-state index in [1.54, 1.807) is 18.3 Å². The molecule has 0 radical (unpaired) electrons. The predicted molar refractivity (Wildman–Crippen MR) is 129 cm³/mol. The minimum absolute atomic E-state index is 0.0118. The number of ether oxygens (including phenoxy) is 2. The molecule has 33 heavy (non-hydrogen) atoms. The van der Waals surface area contributed by atoms with E-state index < -0.39 is 16.8 Å². The van der Waals surface area contributed by atoms with E-state index in [4.69, 9.17) is 15.2 Å². The summed E-state index contributed by atoms with van der Waals surface area (Å²) >= 11 is 1.31. The molecule has 1 fully saturated rings. The molecule has 1 aliphatic rings. The molecule has 12 heteroatoms. The first-order valence-corrected chi connectivity index (χ1v) is 12.5. The van der Waals surface area contributed by atoms with Crippen molar-refractivity contribution in [2.24, 2.45) is 0 Å². The lowest BCUT2D eigenvalue weighted by molar-refractivity contribution is 0.122. The zero-order valence-electron chi connectivity index (χ0n) is 18.3. The molecule has 0 saturated carbocycles. The van der Waals surface area contributed by atoms with Crippen molar-refractivity contribution >= 4 is 39.2 Å². The van der Waals surface area contributed by atoms with E-state index in [2.05, 4.69) is 24.0 Å². The van der Waals surface area contributed by atoms with Gasteiger partial charge in [-0.2, -0.15) is 9.36 Å². The van der Waals surface area contributed by atoms with Gasteiger partial charge in [-0.1, -0.05) is 6.92 Å². The number of pyridine rings is 1. The van der Waals surface area contributed by atoms with Crippen LogP contribution >= 0.6 is 11.5 Å². The van der Waals surface area contributed by atoms with E-state index in [1.807, 2.05) is 6.92 Å². The van der Waals surface area contributed by atoms with Crippen molar-refractivity contribution in [1.82, 2.24) is 14.3 Å². The summed E-state index contributed by atoms with van der Waals surface area (Å²) in [6.45, 7) is 4.76. The number of nitrogen functional groups attached to an aromatic ring is 1. The fourth-order valence-electron chi connectivity index (χ4n) is 3.44. The summed E-state index contributed by atoms with van der Waals surface area (Å²) in [5.74, 6) is 0.563. The van der Waals surface area contributed by atoms with Gasteiger partial charge < -0.3 is 24.8 Å². The van der Waals surface area contributed by atoms with Crippen LogP contribution < -0.4 is 20.1 Å². The predicted octanol–water partition coefficient (Wildman–Crippen LogP) is 3.32. The molecule has 0 aliphatic carbocycles. The van der Waals surface area contributed by atoms with Crippen LogP contribution in [0.2, 0.25) is 0 Å². The Morgan fingerprint density at radius 3 is 2.82 bits per heavy atom. The van der Waals surface area contributed by atoms with E-state index in [-0.39, 0.29) is 17.3 Å². The number of nitrogens with one attached hydrogen (secondary N) is 1. The van der Waals surface area contributed by atoms with Crippen LogP contribution in [0.3, 0.4) is 0 Å². The molecule has 0 spiro atoms. The highest BCUT2D eigenvalue weighted by Crippen LogP contribution is 2.37. The molecule has 0 bridgehead atoms. The Morgan fingerprint density at radius 1 is 1.30 bits per heavy atom. The maximum absolute atomic E-state index is 14.8. The first kappa shape index (κ1) is 23.3. The summed E-state index contributed by atoms with van der Waals surface area (Å²) in [4.78, 5) is 11.1. The first-order chi connectivity index (χ1) is 16.0. The molecule has 3 N–H and O–H groups in total. The molecular weight excluding hydrogens is 467 g/mol. The van der Waals surface area contributed by atoms with Crippen molar-refractivity contribution < 1.29 is 18.1 Å². The Morgan fingerprint density at radius 2 is 2.09 bits per heavy atom. The average molecular weight is 493 g/mol. The van der Waals surface area contributed by atoms with Crippen molar-refractivity contribution in [3.63, 3.8) is 0 Å². The van der Waals surface area contributed by atoms with Crippen LogP contribution in [-0.4, -0.2) is 57.7 Å². The van der Waals surface area contributed by atoms with Gasteiger partial charge in [0.2, 0.25) is 5.13 Å². The highest BCUT2D eigenvalue weighted by Gasteiger charge is 2.19. The van der Waals surface area contributed by atoms with Crippen LogP contribution in [-0.2, 0) is 15.7 Å². The van der Waals surface area contributed by atoms with Gasteiger partial charge in [0, 0.05) is 47.7 Å². The van der Waals surface area contributed by atoms with Gasteiger partial charge >= 0.3 is 0 Å². The lowest BCUT2D eigenvalue weighted by Gasteiger charge is -2.25. The SMILES string of the molecule is CCCS(=O)Nc1cc(-c2cc(-c3nsc(N4CCOCC4)n3)cnc2N)cc(F)c1OC. The number of methoxy groups -OCH3 is 1. The number of hydrogen-bond acceptors (Lipinski definition) is 9. The highest BCUT2D eigenvalue weighted by atomic mass is 32.2. The normalized spacial score (nSPS) is 14.8. The second-order valence-corrected chi connectivity index (χ2v) is 9.38. The number of anilines is 3. The number of halogens is 1. The smallest absolute Gasteiger partial charge is 0.205 e. The van der Waals surface area contributed by atoms with Crippen molar-refractivity contribution in [2.75, 3.05) is 54.5 Å².